The van der Waals surface area contributed by atoms with Crippen LogP contribution in [-0.2, 0) is 4.74 Å². The summed E-state index contributed by atoms with van der Waals surface area (Å²) in [7, 11) is 0. The van der Waals surface area contributed by atoms with Crippen LogP contribution in [0.25, 0.3) is 0 Å². The molecule has 0 saturated heterocycles. The normalized spacial score (nSPS) is 12.8. The van der Waals surface area contributed by atoms with Crippen LogP contribution in [0.2, 0.25) is 0 Å². The van der Waals surface area contributed by atoms with Crippen LogP contribution >= 0.6 is 0 Å². The molecule has 134 valence electrons. The van der Waals surface area contributed by atoms with Gasteiger partial charge in [0.15, 0.2) is 0 Å². The highest BCUT2D eigenvalue weighted by atomic mass is 16.5. The molecule has 1 N–H and O–H groups in total. The van der Waals surface area contributed by atoms with Gasteiger partial charge in [0.1, 0.15) is 0 Å². The molecular formula is C20H42O2. The highest BCUT2D eigenvalue weighted by molar-refractivity contribution is 4.71. The Labute approximate surface area is 140 Å². The van der Waals surface area contributed by atoms with Crippen LogP contribution in [0.15, 0.2) is 0 Å². The topological polar surface area (TPSA) is 29.5 Å². The molecule has 0 aromatic rings. The molecule has 0 rings (SSSR count). The molecular weight excluding hydrogens is 272 g/mol. The molecule has 0 aliphatic rings. The molecule has 0 aromatic carbocycles. The van der Waals surface area contributed by atoms with Crippen LogP contribution in [-0.4, -0.2) is 22.9 Å². The van der Waals surface area contributed by atoms with Crippen molar-refractivity contribution in [2.75, 3.05) is 6.61 Å². The molecule has 0 saturated carbocycles. The third-order valence-corrected chi connectivity index (χ3v) is 4.34. The SMILES string of the molecule is CCCCCCCCCCCCC(C)(C)OCCC(C)(C)O. The van der Waals surface area contributed by atoms with Crippen molar-refractivity contribution in [1.82, 2.24) is 0 Å². The second-order valence-corrected chi connectivity index (χ2v) is 8.10. The van der Waals surface area contributed by atoms with Crippen LogP contribution in [0.5, 0.6) is 0 Å². The second-order valence-electron chi connectivity index (χ2n) is 8.10. The molecule has 0 bridgehead atoms. The smallest absolute Gasteiger partial charge is 0.0626 e. The summed E-state index contributed by atoms with van der Waals surface area (Å²) >= 11 is 0. The van der Waals surface area contributed by atoms with Crippen molar-refractivity contribution in [3.8, 4) is 0 Å². The summed E-state index contributed by atoms with van der Waals surface area (Å²) < 4.78 is 5.93. The lowest BCUT2D eigenvalue weighted by Crippen LogP contribution is -2.28. The zero-order valence-electron chi connectivity index (χ0n) is 16.0. The van der Waals surface area contributed by atoms with Crippen molar-refractivity contribution < 1.29 is 9.84 Å². The minimum atomic E-state index is -0.618. The second kappa shape index (κ2) is 12.4. The van der Waals surface area contributed by atoms with E-state index in [1.807, 2.05) is 13.8 Å². The largest absolute Gasteiger partial charge is 0.390 e. The third-order valence-electron chi connectivity index (χ3n) is 4.34. The fourth-order valence-corrected chi connectivity index (χ4v) is 2.69. The molecule has 22 heavy (non-hydrogen) atoms. The van der Waals surface area contributed by atoms with Crippen LogP contribution in [0.4, 0.5) is 0 Å². The third kappa shape index (κ3) is 16.3. The highest BCUT2D eigenvalue weighted by Crippen LogP contribution is 2.21. The molecule has 0 amide bonds. The van der Waals surface area contributed by atoms with Gasteiger partial charge in [0.05, 0.1) is 17.8 Å². The molecule has 0 fully saturated rings. The van der Waals surface area contributed by atoms with Gasteiger partial charge in [0.25, 0.3) is 0 Å². The molecule has 0 aliphatic heterocycles. The monoisotopic (exact) mass is 314 g/mol. The van der Waals surface area contributed by atoms with E-state index in [-0.39, 0.29) is 5.60 Å². The molecule has 0 spiro atoms. The zero-order valence-corrected chi connectivity index (χ0v) is 16.0. The first-order valence-corrected chi connectivity index (χ1v) is 9.63. The van der Waals surface area contributed by atoms with Crippen molar-refractivity contribution in [1.29, 1.82) is 0 Å². The van der Waals surface area contributed by atoms with Gasteiger partial charge < -0.3 is 9.84 Å². The van der Waals surface area contributed by atoms with Crippen LogP contribution in [0.1, 0.15) is 112 Å². The maximum absolute atomic E-state index is 9.70. The maximum Gasteiger partial charge on any atom is 0.0626 e. The molecule has 2 nitrogen and oxygen atoms in total. The fourth-order valence-electron chi connectivity index (χ4n) is 2.69. The summed E-state index contributed by atoms with van der Waals surface area (Å²) in [6.45, 7) is 10.9. The maximum atomic E-state index is 9.70. The van der Waals surface area contributed by atoms with Gasteiger partial charge >= 0.3 is 0 Å². The van der Waals surface area contributed by atoms with Crippen LogP contribution < -0.4 is 0 Å². The lowest BCUT2D eigenvalue weighted by atomic mass is 9.98. The van der Waals surface area contributed by atoms with Crippen molar-refractivity contribution in [2.24, 2.45) is 0 Å². The Morgan fingerprint density at radius 1 is 0.682 bits per heavy atom. The number of aliphatic hydroxyl groups is 1. The van der Waals surface area contributed by atoms with Gasteiger partial charge in [-0.2, -0.15) is 0 Å². The average Bonchev–Trinajstić information content (AvgIpc) is 2.39. The van der Waals surface area contributed by atoms with Crippen molar-refractivity contribution in [3.05, 3.63) is 0 Å². The predicted octanol–water partition coefficient (Wildman–Crippen LogP) is 6.25. The molecule has 2 heteroatoms. The van der Waals surface area contributed by atoms with E-state index in [0.29, 0.717) is 13.0 Å². The quantitative estimate of drug-likeness (QED) is 0.362. The Bertz CT molecular complexity index is 241. The molecule has 0 atom stereocenters. The number of ether oxygens (including phenoxy) is 1. The van der Waals surface area contributed by atoms with Crippen molar-refractivity contribution in [2.45, 2.75) is 123 Å². The molecule has 0 unspecified atom stereocenters. The van der Waals surface area contributed by atoms with Crippen molar-refractivity contribution >= 4 is 0 Å². The molecule has 0 aliphatic carbocycles. The van der Waals surface area contributed by atoms with Crippen LogP contribution in [0, 0.1) is 0 Å². The Hall–Kier alpha value is -0.0800. The highest BCUT2D eigenvalue weighted by Gasteiger charge is 2.20. The first-order chi connectivity index (χ1) is 10.3. The first-order valence-electron chi connectivity index (χ1n) is 9.63. The summed E-state index contributed by atoms with van der Waals surface area (Å²) in [5.74, 6) is 0. The Morgan fingerprint density at radius 3 is 1.59 bits per heavy atom. The van der Waals surface area contributed by atoms with E-state index >= 15 is 0 Å². The average molecular weight is 315 g/mol. The van der Waals surface area contributed by atoms with E-state index in [1.54, 1.807) is 0 Å². The Kier molecular flexibility index (Phi) is 12.3. The summed E-state index contributed by atoms with van der Waals surface area (Å²) in [6, 6.07) is 0. The number of hydrogen-bond donors (Lipinski definition) is 1. The number of rotatable bonds is 15. The van der Waals surface area contributed by atoms with Gasteiger partial charge in [-0.3, -0.25) is 0 Å². The van der Waals surface area contributed by atoms with E-state index in [9.17, 15) is 5.11 Å². The van der Waals surface area contributed by atoms with Gasteiger partial charge in [0.2, 0.25) is 0 Å². The van der Waals surface area contributed by atoms with E-state index in [4.69, 9.17) is 4.74 Å². The molecule has 0 radical (unpaired) electrons. The zero-order chi connectivity index (χ0) is 16.9. The number of hydrogen-bond acceptors (Lipinski definition) is 2. The van der Waals surface area contributed by atoms with E-state index in [1.165, 1.54) is 64.2 Å². The van der Waals surface area contributed by atoms with Gasteiger partial charge in [-0.1, -0.05) is 71.1 Å². The summed E-state index contributed by atoms with van der Waals surface area (Å²) in [4.78, 5) is 0. The van der Waals surface area contributed by atoms with E-state index in [0.717, 1.165) is 6.42 Å². The Morgan fingerprint density at radius 2 is 1.14 bits per heavy atom. The van der Waals surface area contributed by atoms with E-state index in [2.05, 4.69) is 20.8 Å². The minimum Gasteiger partial charge on any atom is -0.390 e. The molecule has 0 aromatic heterocycles. The van der Waals surface area contributed by atoms with Gasteiger partial charge in [-0.25, -0.2) is 0 Å². The van der Waals surface area contributed by atoms with Gasteiger partial charge in [-0.15, -0.1) is 0 Å². The standard InChI is InChI=1S/C20H42O2/c1-6-7-8-9-10-11-12-13-14-15-16-20(4,5)22-18-17-19(2,3)21/h21H,6-18H2,1-5H3. The fraction of sp³-hybridized carbons (Fsp3) is 1.00. The van der Waals surface area contributed by atoms with Gasteiger partial charge in [-0.05, 0) is 40.5 Å². The first kappa shape index (κ1) is 21.9. The minimum absolute atomic E-state index is 0.0502. The molecule has 0 heterocycles. The summed E-state index contributed by atoms with van der Waals surface area (Å²) in [5, 5.41) is 9.70. The van der Waals surface area contributed by atoms with Gasteiger partial charge in [0, 0.05) is 0 Å². The lowest BCUT2D eigenvalue weighted by molar-refractivity contribution is -0.0509. The van der Waals surface area contributed by atoms with Crippen molar-refractivity contribution in [3.63, 3.8) is 0 Å². The lowest BCUT2D eigenvalue weighted by Gasteiger charge is -2.27. The van der Waals surface area contributed by atoms with Crippen LogP contribution in [0.3, 0.4) is 0 Å². The summed E-state index contributed by atoms with van der Waals surface area (Å²) in [6.07, 6.45) is 15.6. The van der Waals surface area contributed by atoms with E-state index < -0.39 is 5.60 Å². The number of unbranched alkanes of at least 4 members (excludes halogenated alkanes) is 9. The predicted molar refractivity (Wildman–Crippen MR) is 97.4 cm³/mol. The summed E-state index contributed by atoms with van der Waals surface area (Å²) in [5.41, 5.74) is -0.668. The Balaban J connectivity index is 3.41.